The van der Waals surface area contributed by atoms with Crippen molar-refractivity contribution in [3.63, 3.8) is 0 Å². The van der Waals surface area contributed by atoms with E-state index in [0.717, 1.165) is 44.8 Å². The second-order valence-corrected chi connectivity index (χ2v) is 9.95. The number of benzene rings is 1. The van der Waals surface area contributed by atoms with Crippen molar-refractivity contribution in [1.82, 2.24) is 14.7 Å². The summed E-state index contributed by atoms with van der Waals surface area (Å²) in [6.07, 6.45) is 1.57. The number of amides is 2. The Hall–Kier alpha value is -1.57. The molecule has 0 bridgehead atoms. The summed E-state index contributed by atoms with van der Waals surface area (Å²) in [6.45, 7) is 10.8. The van der Waals surface area contributed by atoms with Gasteiger partial charge in [-0.1, -0.05) is 26.0 Å². The topological polar surface area (TPSA) is 55.9 Å². The van der Waals surface area contributed by atoms with Crippen molar-refractivity contribution in [3.8, 4) is 0 Å². The molecule has 2 aliphatic rings. The third kappa shape index (κ3) is 7.60. The van der Waals surface area contributed by atoms with Gasteiger partial charge in [0, 0.05) is 69.4 Å². The minimum absolute atomic E-state index is 0.0149. The van der Waals surface area contributed by atoms with Crippen LogP contribution in [0.3, 0.4) is 0 Å². The lowest BCUT2D eigenvalue weighted by atomic mass is 10.1. The Bertz CT molecular complexity index is 698. The maximum atomic E-state index is 12.5. The molecule has 6 nitrogen and oxygen atoms in total. The molecule has 2 saturated heterocycles. The highest BCUT2D eigenvalue weighted by Gasteiger charge is 2.22. The van der Waals surface area contributed by atoms with Crippen LogP contribution in [0.4, 0.5) is 5.69 Å². The summed E-state index contributed by atoms with van der Waals surface area (Å²) in [4.78, 5) is 31.4. The van der Waals surface area contributed by atoms with Crippen LogP contribution in [0.25, 0.3) is 0 Å². The number of anilines is 1. The van der Waals surface area contributed by atoms with Crippen molar-refractivity contribution in [1.29, 1.82) is 0 Å². The molecule has 0 aliphatic carbocycles. The van der Waals surface area contributed by atoms with E-state index in [0.29, 0.717) is 32.0 Å². The lowest BCUT2D eigenvalue weighted by Gasteiger charge is -2.34. The number of hydrogen-bond acceptors (Lipinski definition) is 5. The molecular weight excluding hydrogens is 396 g/mol. The average molecular weight is 433 g/mol. The Morgan fingerprint density at radius 3 is 2.47 bits per heavy atom. The van der Waals surface area contributed by atoms with Crippen LogP contribution in [-0.2, 0) is 16.1 Å². The highest BCUT2D eigenvalue weighted by atomic mass is 32.2. The molecule has 1 aromatic rings. The zero-order chi connectivity index (χ0) is 21.3. The van der Waals surface area contributed by atoms with Crippen LogP contribution in [0.1, 0.15) is 32.3 Å². The number of rotatable bonds is 8. The molecule has 0 aromatic heterocycles. The SMILES string of the molecule is CC(C)CCC(=O)N1CCN(CC(=O)Nc2cccc(CN3CCSCC3)c2)CC1. The highest BCUT2D eigenvalue weighted by molar-refractivity contribution is 7.99. The Kier molecular flexibility index (Phi) is 9.03. The van der Waals surface area contributed by atoms with Crippen LogP contribution < -0.4 is 5.32 Å². The Labute approximate surface area is 185 Å². The molecule has 0 radical (unpaired) electrons. The second-order valence-electron chi connectivity index (χ2n) is 8.73. The van der Waals surface area contributed by atoms with E-state index in [4.69, 9.17) is 0 Å². The number of carbonyl (C=O) groups is 2. The Morgan fingerprint density at radius 2 is 1.77 bits per heavy atom. The standard InChI is InChI=1S/C23H36N4O2S/c1-19(2)6-7-23(29)27-10-8-25(9-11-27)18-22(28)24-21-5-3-4-20(16-21)17-26-12-14-30-15-13-26/h3-5,16,19H,6-15,17-18H2,1-2H3,(H,24,28). The molecule has 0 unspecified atom stereocenters. The van der Waals surface area contributed by atoms with Gasteiger partial charge in [-0.25, -0.2) is 0 Å². The predicted octanol–water partition coefficient (Wildman–Crippen LogP) is 2.75. The number of thioether (sulfide) groups is 1. The summed E-state index contributed by atoms with van der Waals surface area (Å²) in [7, 11) is 0. The molecule has 1 aromatic carbocycles. The molecule has 1 N–H and O–H groups in total. The Morgan fingerprint density at radius 1 is 1.03 bits per heavy atom. The van der Waals surface area contributed by atoms with Crippen LogP contribution in [0.5, 0.6) is 0 Å². The summed E-state index contributed by atoms with van der Waals surface area (Å²) < 4.78 is 0. The van der Waals surface area contributed by atoms with Crippen molar-refractivity contribution >= 4 is 29.3 Å². The van der Waals surface area contributed by atoms with Gasteiger partial charge in [-0.2, -0.15) is 11.8 Å². The summed E-state index contributed by atoms with van der Waals surface area (Å²) in [5.41, 5.74) is 2.11. The third-order valence-electron chi connectivity index (χ3n) is 5.75. The molecule has 2 fully saturated rings. The fourth-order valence-corrected chi connectivity index (χ4v) is 4.87. The molecule has 0 spiro atoms. The molecule has 2 amide bonds. The number of carbonyl (C=O) groups excluding carboxylic acids is 2. The summed E-state index contributed by atoms with van der Waals surface area (Å²) >= 11 is 2.02. The first-order chi connectivity index (χ1) is 14.5. The van der Waals surface area contributed by atoms with Crippen LogP contribution in [-0.4, -0.2) is 83.8 Å². The van der Waals surface area contributed by atoms with Gasteiger partial charge in [0.2, 0.25) is 11.8 Å². The molecule has 166 valence electrons. The number of nitrogens with one attached hydrogen (secondary N) is 1. The van der Waals surface area contributed by atoms with Gasteiger partial charge >= 0.3 is 0 Å². The highest BCUT2D eigenvalue weighted by Crippen LogP contribution is 2.16. The van der Waals surface area contributed by atoms with Crippen molar-refractivity contribution in [2.24, 2.45) is 5.92 Å². The van der Waals surface area contributed by atoms with Crippen molar-refractivity contribution in [2.45, 2.75) is 33.2 Å². The second kappa shape index (κ2) is 11.7. The largest absolute Gasteiger partial charge is 0.340 e. The Balaban J connectivity index is 1.40. The van der Waals surface area contributed by atoms with Crippen molar-refractivity contribution < 1.29 is 9.59 Å². The van der Waals surface area contributed by atoms with Crippen LogP contribution in [0, 0.1) is 5.92 Å². The average Bonchev–Trinajstić information content (AvgIpc) is 2.73. The fraction of sp³-hybridized carbons (Fsp3) is 0.652. The lowest BCUT2D eigenvalue weighted by molar-refractivity contribution is -0.133. The smallest absolute Gasteiger partial charge is 0.238 e. The first-order valence-corrected chi connectivity index (χ1v) is 12.3. The first-order valence-electron chi connectivity index (χ1n) is 11.2. The zero-order valence-electron chi connectivity index (χ0n) is 18.4. The quantitative estimate of drug-likeness (QED) is 0.685. The van der Waals surface area contributed by atoms with E-state index in [1.54, 1.807) is 0 Å². The maximum Gasteiger partial charge on any atom is 0.238 e. The van der Waals surface area contributed by atoms with Gasteiger partial charge < -0.3 is 10.2 Å². The molecule has 30 heavy (non-hydrogen) atoms. The van der Waals surface area contributed by atoms with Gasteiger partial charge in [-0.15, -0.1) is 0 Å². The molecule has 2 heterocycles. The number of hydrogen-bond donors (Lipinski definition) is 1. The molecule has 0 saturated carbocycles. The van der Waals surface area contributed by atoms with Gasteiger partial charge in [0.15, 0.2) is 0 Å². The van der Waals surface area contributed by atoms with Crippen LogP contribution >= 0.6 is 11.8 Å². The van der Waals surface area contributed by atoms with Gasteiger partial charge in [-0.05, 0) is 30.0 Å². The van der Waals surface area contributed by atoms with E-state index >= 15 is 0 Å². The van der Waals surface area contributed by atoms with Crippen LogP contribution in [0.15, 0.2) is 24.3 Å². The van der Waals surface area contributed by atoms with Crippen LogP contribution in [0.2, 0.25) is 0 Å². The van der Waals surface area contributed by atoms with Gasteiger partial charge in [0.05, 0.1) is 6.54 Å². The van der Waals surface area contributed by atoms with E-state index in [9.17, 15) is 9.59 Å². The summed E-state index contributed by atoms with van der Waals surface area (Å²) in [5.74, 6) is 3.22. The fourth-order valence-electron chi connectivity index (χ4n) is 3.89. The van der Waals surface area contributed by atoms with E-state index < -0.39 is 0 Å². The van der Waals surface area contributed by atoms with E-state index in [2.05, 4.69) is 41.1 Å². The normalized spacial score (nSPS) is 18.6. The maximum absolute atomic E-state index is 12.5. The zero-order valence-corrected chi connectivity index (χ0v) is 19.3. The number of piperazine rings is 1. The third-order valence-corrected chi connectivity index (χ3v) is 6.69. The van der Waals surface area contributed by atoms with Gasteiger partial charge in [0.1, 0.15) is 0 Å². The van der Waals surface area contributed by atoms with Gasteiger partial charge in [-0.3, -0.25) is 19.4 Å². The molecule has 2 aliphatic heterocycles. The summed E-state index contributed by atoms with van der Waals surface area (Å²) in [5, 5.41) is 3.05. The molecular formula is C23H36N4O2S. The van der Waals surface area contributed by atoms with Crippen molar-refractivity contribution in [3.05, 3.63) is 29.8 Å². The number of nitrogens with zero attached hydrogens (tertiary/aromatic N) is 3. The molecule has 7 heteroatoms. The molecule has 3 rings (SSSR count). The first kappa shape index (κ1) is 23.1. The van der Waals surface area contributed by atoms with E-state index in [1.165, 1.54) is 17.1 Å². The van der Waals surface area contributed by atoms with E-state index in [1.807, 2.05) is 28.8 Å². The minimum atomic E-state index is 0.0149. The minimum Gasteiger partial charge on any atom is -0.340 e. The summed E-state index contributed by atoms with van der Waals surface area (Å²) in [6, 6.07) is 8.20. The monoisotopic (exact) mass is 432 g/mol. The van der Waals surface area contributed by atoms with Gasteiger partial charge in [0.25, 0.3) is 0 Å². The van der Waals surface area contributed by atoms with Crippen molar-refractivity contribution in [2.75, 3.05) is 62.6 Å². The lowest BCUT2D eigenvalue weighted by Crippen LogP contribution is -2.50. The molecule has 0 atom stereocenters. The predicted molar refractivity (Wildman–Crippen MR) is 125 cm³/mol. The van der Waals surface area contributed by atoms with E-state index in [-0.39, 0.29) is 11.8 Å².